The maximum atomic E-state index is 6.26. The van der Waals surface area contributed by atoms with Crippen LogP contribution < -0.4 is 4.74 Å². The van der Waals surface area contributed by atoms with E-state index in [-0.39, 0.29) is 0 Å². The number of benzene rings is 2. The smallest absolute Gasteiger partial charge is 0.145 e. The van der Waals surface area contributed by atoms with Crippen LogP contribution in [0.1, 0.15) is 41.9 Å². The average molecular weight is 401 g/mol. The first kappa shape index (κ1) is 20.2. The molecule has 0 radical (unpaired) electrons. The zero-order chi connectivity index (χ0) is 21.1. The Labute approximate surface area is 178 Å². The van der Waals surface area contributed by atoms with Crippen LogP contribution >= 0.6 is 0 Å². The zero-order valence-electron chi connectivity index (χ0n) is 18.1. The van der Waals surface area contributed by atoms with Crippen molar-refractivity contribution in [2.45, 2.75) is 39.4 Å². The minimum absolute atomic E-state index is 0.508. The molecule has 2 heterocycles. The quantitative estimate of drug-likeness (QED) is 0.399. The summed E-state index contributed by atoms with van der Waals surface area (Å²) in [7, 11) is 1.69. The largest absolute Gasteiger partial charge is 0.497 e. The number of imidazole rings is 1. The molecule has 0 N–H and O–H groups in total. The number of pyridine rings is 1. The highest BCUT2D eigenvalue weighted by Gasteiger charge is 2.27. The maximum Gasteiger partial charge on any atom is 0.145 e. The summed E-state index contributed by atoms with van der Waals surface area (Å²) in [6.45, 7) is 6.85. The maximum absolute atomic E-state index is 6.26. The molecule has 0 atom stereocenters. The van der Waals surface area contributed by atoms with E-state index in [1.807, 2.05) is 36.5 Å². The van der Waals surface area contributed by atoms with Gasteiger partial charge in [0.1, 0.15) is 17.2 Å². The Bertz CT molecular complexity index is 1130. The summed E-state index contributed by atoms with van der Waals surface area (Å²) in [5, 5.41) is 0. The number of ether oxygens (including phenoxy) is 2. The van der Waals surface area contributed by atoms with Crippen molar-refractivity contribution in [2.24, 2.45) is 0 Å². The van der Waals surface area contributed by atoms with E-state index in [2.05, 4.69) is 61.7 Å². The summed E-state index contributed by atoms with van der Waals surface area (Å²) in [4.78, 5) is 4.71. The van der Waals surface area contributed by atoms with Gasteiger partial charge in [-0.25, -0.2) is 4.98 Å². The third-order valence-corrected chi connectivity index (χ3v) is 5.51. The van der Waals surface area contributed by atoms with Gasteiger partial charge in [-0.2, -0.15) is 0 Å². The van der Waals surface area contributed by atoms with E-state index in [0.717, 1.165) is 29.1 Å². The Kier molecular flexibility index (Phi) is 5.60. The number of hydrogen-bond donors (Lipinski definition) is 0. The van der Waals surface area contributed by atoms with Crippen molar-refractivity contribution in [1.29, 1.82) is 0 Å². The van der Waals surface area contributed by atoms with Gasteiger partial charge in [-0.1, -0.05) is 42.5 Å². The standard InChI is InChI=1S/C26H28N2O2/c1-19-17-28-23(15-22(19)14-20-10-12-24(29-4)13-11-20)16-27-25(28)26(2,3)30-18-21-8-6-5-7-9-21/h5-13,15-17H,14,18H2,1-4H3. The molecule has 0 amide bonds. The van der Waals surface area contributed by atoms with Crippen molar-refractivity contribution in [1.82, 2.24) is 9.38 Å². The summed E-state index contributed by atoms with van der Waals surface area (Å²) >= 11 is 0. The molecule has 0 spiro atoms. The Morgan fingerprint density at radius 3 is 2.40 bits per heavy atom. The molecule has 0 saturated carbocycles. The third kappa shape index (κ3) is 4.24. The lowest BCUT2D eigenvalue weighted by Crippen LogP contribution is -2.24. The van der Waals surface area contributed by atoms with Crippen LogP contribution in [0.25, 0.3) is 5.52 Å². The second kappa shape index (κ2) is 8.33. The molecule has 0 aliphatic carbocycles. The van der Waals surface area contributed by atoms with Crippen molar-refractivity contribution in [3.8, 4) is 5.75 Å². The van der Waals surface area contributed by atoms with Gasteiger partial charge in [0.2, 0.25) is 0 Å². The SMILES string of the molecule is COc1ccc(Cc2cc3cnc(C(C)(C)OCc4ccccc4)n3cc2C)cc1. The molecular formula is C26H28N2O2. The Morgan fingerprint density at radius 2 is 1.70 bits per heavy atom. The molecule has 4 nitrogen and oxygen atoms in total. The van der Waals surface area contributed by atoms with Gasteiger partial charge >= 0.3 is 0 Å². The van der Waals surface area contributed by atoms with Crippen molar-refractivity contribution < 1.29 is 9.47 Å². The van der Waals surface area contributed by atoms with Crippen LogP contribution in [-0.4, -0.2) is 16.5 Å². The predicted octanol–water partition coefficient (Wildman–Crippen LogP) is 5.69. The van der Waals surface area contributed by atoms with Crippen LogP contribution in [0.3, 0.4) is 0 Å². The topological polar surface area (TPSA) is 35.8 Å². The molecule has 2 aromatic heterocycles. The molecule has 0 fully saturated rings. The van der Waals surface area contributed by atoms with Gasteiger partial charge in [0.25, 0.3) is 0 Å². The minimum Gasteiger partial charge on any atom is -0.497 e. The fourth-order valence-corrected chi connectivity index (χ4v) is 3.69. The van der Waals surface area contributed by atoms with E-state index in [4.69, 9.17) is 14.5 Å². The van der Waals surface area contributed by atoms with Gasteiger partial charge in [-0.3, -0.25) is 0 Å². The molecule has 4 heteroatoms. The first-order valence-corrected chi connectivity index (χ1v) is 10.2. The molecule has 2 aromatic carbocycles. The highest BCUT2D eigenvalue weighted by molar-refractivity contribution is 5.52. The van der Waals surface area contributed by atoms with Gasteiger partial charge in [0, 0.05) is 6.20 Å². The lowest BCUT2D eigenvalue weighted by Gasteiger charge is -2.24. The van der Waals surface area contributed by atoms with Crippen LogP contribution in [0.4, 0.5) is 0 Å². The van der Waals surface area contributed by atoms with Crippen LogP contribution in [-0.2, 0) is 23.4 Å². The van der Waals surface area contributed by atoms with E-state index >= 15 is 0 Å². The van der Waals surface area contributed by atoms with Crippen LogP contribution in [0, 0.1) is 6.92 Å². The van der Waals surface area contributed by atoms with E-state index in [0.29, 0.717) is 6.61 Å². The number of hydrogen-bond acceptors (Lipinski definition) is 3. The monoisotopic (exact) mass is 400 g/mol. The van der Waals surface area contributed by atoms with Crippen molar-refractivity contribution in [3.05, 3.63) is 101 Å². The Morgan fingerprint density at radius 1 is 0.967 bits per heavy atom. The molecule has 0 bridgehead atoms. The molecule has 0 unspecified atom stereocenters. The molecule has 0 saturated heterocycles. The molecule has 30 heavy (non-hydrogen) atoms. The van der Waals surface area contributed by atoms with E-state index in [1.165, 1.54) is 16.7 Å². The second-order valence-corrected chi connectivity index (χ2v) is 8.17. The van der Waals surface area contributed by atoms with Gasteiger partial charge in [0.15, 0.2) is 0 Å². The predicted molar refractivity (Wildman–Crippen MR) is 120 cm³/mol. The van der Waals surface area contributed by atoms with Gasteiger partial charge in [-0.05, 0) is 67.6 Å². The summed E-state index contributed by atoms with van der Waals surface area (Å²) in [5.41, 5.74) is 5.51. The second-order valence-electron chi connectivity index (χ2n) is 8.17. The lowest BCUT2D eigenvalue weighted by atomic mass is 10.0. The molecule has 0 aliphatic heterocycles. The van der Waals surface area contributed by atoms with Crippen molar-refractivity contribution in [3.63, 3.8) is 0 Å². The highest BCUT2D eigenvalue weighted by Crippen LogP contribution is 2.28. The third-order valence-electron chi connectivity index (χ3n) is 5.51. The van der Waals surface area contributed by atoms with E-state index in [1.54, 1.807) is 7.11 Å². The first-order chi connectivity index (χ1) is 14.5. The minimum atomic E-state index is -0.508. The van der Waals surface area contributed by atoms with Gasteiger partial charge in [0.05, 0.1) is 25.4 Å². The van der Waals surface area contributed by atoms with Crippen LogP contribution in [0.2, 0.25) is 0 Å². The summed E-state index contributed by atoms with van der Waals surface area (Å²) in [5.74, 6) is 1.79. The fourth-order valence-electron chi connectivity index (χ4n) is 3.69. The Balaban J connectivity index is 1.57. The highest BCUT2D eigenvalue weighted by atomic mass is 16.5. The number of fused-ring (bicyclic) bond motifs is 1. The fraction of sp³-hybridized carbons (Fsp3) is 0.269. The molecule has 4 aromatic rings. The summed E-state index contributed by atoms with van der Waals surface area (Å²) in [6, 6.07) is 20.7. The summed E-state index contributed by atoms with van der Waals surface area (Å²) in [6.07, 6.45) is 4.98. The van der Waals surface area contributed by atoms with Gasteiger partial charge in [-0.15, -0.1) is 0 Å². The first-order valence-electron chi connectivity index (χ1n) is 10.2. The molecule has 4 rings (SSSR count). The van der Waals surface area contributed by atoms with E-state index in [9.17, 15) is 0 Å². The molecule has 0 aliphatic rings. The zero-order valence-corrected chi connectivity index (χ0v) is 18.1. The van der Waals surface area contributed by atoms with Crippen LogP contribution in [0.15, 0.2) is 73.1 Å². The van der Waals surface area contributed by atoms with Crippen LogP contribution in [0.5, 0.6) is 5.75 Å². The average Bonchev–Trinajstić information content (AvgIpc) is 3.17. The normalized spacial score (nSPS) is 11.7. The van der Waals surface area contributed by atoms with E-state index < -0.39 is 5.60 Å². The number of nitrogens with zero attached hydrogens (tertiary/aromatic N) is 2. The summed E-state index contributed by atoms with van der Waals surface area (Å²) < 4.78 is 13.7. The molecular weight excluding hydrogens is 372 g/mol. The van der Waals surface area contributed by atoms with Crippen molar-refractivity contribution in [2.75, 3.05) is 7.11 Å². The molecule has 154 valence electrons. The van der Waals surface area contributed by atoms with Crippen molar-refractivity contribution >= 4 is 5.52 Å². The number of rotatable bonds is 7. The number of aryl methyl sites for hydroxylation is 1. The van der Waals surface area contributed by atoms with Gasteiger partial charge < -0.3 is 13.9 Å². The lowest BCUT2D eigenvalue weighted by molar-refractivity contribution is -0.0403. The Hall–Kier alpha value is -3.11. The number of methoxy groups -OCH3 is 1. The number of aromatic nitrogens is 2.